The minimum Gasteiger partial charge on any atom is -0.326 e. The fourth-order valence-corrected chi connectivity index (χ4v) is 3.45. The van der Waals surface area contributed by atoms with Crippen molar-refractivity contribution in [3.63, 3.8) is 0 Å². The van der Waals surface area contributed by atoms with Gasteiger partial charge in [-0.3, -0.25) is 25.0 Å². The van der Waals surface area contributed by atoms with Crippen molar-refractivity contribution in [1.82, 2.24) is 4.98 Å². The van der Waals surface area contributed by atoms with E-state index in [9.17, 15) is 19.7 Å². The number of amides is 2. The molecule has 2 amide bonds. The van der Waals surface area contributed by atoms with Gasteiger partial charge in [-0.15, -0.1) is 0 Å². The maximum Gasteiger partial charge on any atom is 0.288 e. The Morgan fingerprint density at radius 1 is 1.21 bits per heavy atom. The quantitative estimate of drug-likeness (QED) is 0.362. The number of nitrogens with one attached hydrogen (secondary N) is 2. The predicted molar refractivity (Wildman–Crippen MR) is 110 cm³/mol. The number of carbonyl (C=O) groups is 2. The van der Waals surface area contributed by atoms with Crippen LogP contribution in [-0.2, 0) is 9.59 Å². The molecule has 28 heavy (non-hydrogen) atoms. The van der Waals surface area contributed by atoms with Crippen molar-refractivity contribution < 1.29 is 14.5 Å². The molecule has 0 spiro atoms. The Hall–Kier alpha value is -3.30. The first-order valence-corrected chi connectivity index (χ1v) is 9.12. The third-order valence-corrected chi connectivity index (χ3v) is 4.79. The summed E-state index contributed by atoms with van der Waals surface area (Å²) in [4.78, 5) is 37.9. The Kier molecular flexibility index (Phi) is 5.67. The van der Waals surface area contributed by atoms with Crippen molar-refractivity contribution in [3.05, 3.63) is 63.2 Å². The van der Waals surface area contributed by atoms with Gasteiger partial charge in [0, 0.05) is 24.8 Å². The van der Waals surface area contributed by atoms with E-state index in [-0.39, 0.29) is 16.6 Å². The maximum atomic E-state index is 12.1. The van der Waals surface area contributed by atoms with Crippen molar-refractivity contribution >= 4 is 67.6 Å². The number of anilines is 2. The van der Waals surface area contributed by atoms with Crippen molar-refractivity contribution in [1.29, 1.82) is 0 Å². The van der Waals surface area contributed by atoms with Gasteiger partial charge in [0.05, 0.1) is 15.1 Å². The van der Waals surface area contributed by atoms with Gasteiger partial charge in [0.15, 0.2) is 5.13 Å². The van der Waals surface area contributed by atoms with E-state index in [0.29, 0.717) is 21.9 Å². The van der Waals surface area contributed by atoms with E-state index >= 15 is 0 Å². The van der Waals surface area contributed by atoms with E-state index in [0.717, 1.165) is 4.70 Å². The Labute approximate surface area is 168 Å². The van der Waals surface area contributed by atoms with Gasteiger partial charge in [0.2, 0.25) is 11.8 Å². The summed E-state index contributed by atoms with van der Waals surface area (Å²) in [6.45, 7) is 1.42. The van der Waals surface area contributed by atoms with Gasteiger partial charge in [-0.05, 0) is 35.9 Å². The highest BCUT2D eigenvalue weighted by Gasteiger charge is 2.12. The van der Waals surface area contributed by atoms with Crippen molar-refractivity contribution in [2.75, 3.05) is 10.6 Å². The highest BCUT2D eigenvalue weighted by molar-refractivity contribution is 7.22. The zero-order valence-electron chi connectivity index (χ0n) is 14.4. The van der Waals surface area contributed by atoms with Crippen LogP contribution in [0, 0.1) is 10.1 Å². The molecule has 0 atom stereocenters. The number of benzene rings is 2. The highest BCUT2D eigenvalue weighted by Crippen LogP contribution is 2.29. The largest absolute Gasteiger partial charge is 0.326 e. The van der Waals surface area contributed by atoms with Crippen LogP contribution in [0.5, 0.6) is 0 Å². The Morgan fingerprint density at radius 3 is 2.71 bits per heavy atom. The summed E-state index contributed by atoms with van der Waals surface area (Å²) in [7, 11) is 0. The minimum atomic E-state index is -0.587. The van der Waals surface area contributed by atoms with Gasteiger partial charge in [-0.25, -0.2) is 4.98 Å². The second kappa shape index (κ2) is 8.15. The Bertz CT molecular complexity index is 1130. The number of rotatable bonds is 5. The molecule has 2 aromatic carbocycles. The van der Waals surface area contributed by atoms with Crippen LogP contribution < -0.4 is 10.6 Å². The Morgan fingerprint density at radius 2 is 2.00 bits per heavy atom. The normalized spacial score (nSPS) is 10.9. The lowest BCUT2D eigenvalue weighted by Crippen LogP contribution is -2.07. The molecular weight excluding hydrogens is 404 g/mol. The number of halogens is 1. The van der Waals surface area contributed by atoms with E-state index in [1.165, 1.54) is 42.5 Å². The highest BCUT2D eigenvalue weighted by atomic mass is 35.5. The molecule has 0 saturated carbocycles. The monoisotopic (exact) mass is 416 g/mol. The molecule has 0 aliphatic rings. The van der Waals surface area contributed by atoms with Crippen molar-refractivity contribution in [3.8, 4) is 0 Å². The fraction of sp³-hybridized carbons (Fsp3) is 0.0556. The molecule has 10 heteroatoms. The van der Waals surface area contributed by atoms with Crippen LogP contribution in [0.4, 0.5) is 16.5 Å². The van der Waals surface area contributed by atoms with E-state index in [2.05, 4.69) is 15.6 Å². The molecule has 0 aliphatic carbocycles. The average Bonchev–Trinajstić information content (AvgIpc) is 3.01. The van der Waals surface area contributed by atoms with Crippen LogP contribution >= 0.6 is 22.9 Å². The minimum absolute atomic E-state index is 0.0275. The molecule has 3 rings (SSSR count). The number of fused-ring (bicyclic) bond motifs is 1. The first kappa shape index (κ1) is 19.5. The summed E-state index contributed by atoms with van der Waals surface area (Å²) in [5.41, 5.74) is 1.57. The van der Waals surface area contributed by atoms with E-state index < -0.39 is 10.8 Å². The molecule has 142 valence electrons. The standard InChI is InChI=1S/C18H13ClN4O4S/c1-10(24)20-12-4-6-14-16(9-12)28-18(21-14)22-17(25)7-3-11-2-5-13(19)15(8-11)23(26)27/h2-9H,1H3,(H,20,24)(H,21,22,25)/b7-3+. The number of carbonyl (C=O) groups excluding carboxylic acids is 2. The summed E-state index contributed by atoms with van der Waals surface area (Å²) >= 11 is 7.03. The van der Waals surface area contributed by atoms with E-state index in [4.69, 9.17) is 11.6 Å². The summed E-state index contributed by atoms with van der Waals surface area (Å²) < 4.78 is 0.804. The van der Waals surface area contributed by atoms with Crippen LogP contribution in [0.1, 0.15) is 12.5 Å². The zero-order chi connectivity index (χ0) is 20.3. The first-order chi connectivity index (χ1) is 13.3. The summed E-state index contributed by atoms with van der Waals surface area (Å²) in [6, 6.07) is 9.50. The Balaban J connectivity index is 1.72. The van der Waals surface area contributed by atoms with Crippen molar-refractivity contribution in [2.45, 2.75) is 6.92 Å². The van der Waals surface area contributed by atoms with Crippen LogP contribution in [0.25, 0.3) is 16.3 Å². The second-order valence-electron chi connectivity index (χ2n) is 5.67. The fourth-order valence-electron chi connectivity index (χ4n) is 2.35. The molecule has 0 aliphatic heterocycles. The molecular formula is C18H13ClN4O4S. The molecule has 8 nitrogen and oxygen atoms in total. The molecule has 1 aromatic heterocycles. The van der Waals surface area contributed by atoms with E-state index in [1.54, 1.807) is 24.3 Å². The van der Waals surface area contributed by atoms with Gasteiger partial charge >= 0.3 is 0 Å². The van der Waals surface area contributed by atoms with Gasteiger partial charge < -0.3 is 5.32 Å². The molecule has 2 N–H and O–H groups in total. The summed E-state index contributed by atoms with van der Waals surface area (Å²) in [5, 5.41) is 16.7. The summed E-state index contributed by atoms with van der Waals surface area (Å²) in [5.74, 6) is -0.608. The zero-order valence-corrected chi connectivity index (χ0v) is 16.0. The van der Waals surface area contributed by atoms with Gasteiger partial charge in [-0.2, -0.15) is 0 Å². The number of nitrogens with zero attached hydrogens (tertiary/aromatic N) is 2. The topological polar surface area (TPSA) is 114 Å². The van der Waals surface area contributed by atoms with Crippen LogP contribution in [-0.4, -0.2) is 21.7 Å². The predicted octanol–water partition coefficient (Wildman–Crippen LogP) is 4.47. The third-order valence-electron chi connectivity index (χ3n) is 3.53. The molecule has 3 aromatic rings. The first-order valence-electron chi connectivity index (χ1n) is 7.93. The van der Waals surface area contributed by atoms with E-state index in [1.807, 2.05) is 0 Å². The number of thiazole rings is 1. The molecule has 0 saturated heterocycles. The molecule has 0 unspecified atom stereocenters. The second-order valence-corrected chi connectivity index (χ2v) is 7.11. The molecule has 1 heterocycles. The van der Waals surface area contributed by atoms with Crippen LogP contribution in [0.3, 0.4) is 0 Å². The van der Waals surface area contributed by atoms with Gasteiger partial charge in [0.1, 0.15) is 5.02 Å². The number of nitro groups is 1. The molecule has 0 radical (unpaired) electrons. The van der Waals surface area contributed by atoms with Gasteiger partial charge in [-0.1, -0.05) is 29.0 Å². The maximum absolute atomic E-state index is 12.1. The van der Waals surface area contributed by atoms with Crippen molar-refractivity contribution in [2.24, 2.45) is 0 Å². The smallest absolute Gasteiger partial charge is 0.288 e. The van der Waals surface area contributed by atoms with Crippen LogP contribution in [0.15, 0.2) is 42.5 Å². The summed E-state index contributed by atoms with van der Waals surface area (Å²) in [6.07, 6.45) is 2.70. The van der Waals surface area contributed by atoms with Gasteiger partial charge in [0.25, 0.3) is 5.69 Å². The molecule has 0 bridgehead atoms. The number of nitro benzene ring substituents is 1. The lowest BCUT2D eigenvalue weighted by atomic mass is 10.2. The SMILES string of the molecule is CC(=O)Nc1ccc2nc(NC(=O)/C=C/c3ccc(Cl)c([N+](=O)[O-])c3)sc2c1. The number of hydrogen-bond donors (Lipinski definition) is 2. The lowest BCUT2D eigenvalue weighted by molar-refractivity contribution is -0.384. The van der Waals surface area contributed by atoms with Crippen LogP contribution in [0.2, 0.25) is 5.02 Å². The number of hydrogen-bond acceptors (Lipinski definition) is 6. The number of aromatic nitrogens is 1. The lowest BCUT2D eigenvalue weighted by Gasteiger charge is -1.99. The third kappa shape index (κ3) is 4.70. The average molecular weight is 417 g/mol. The molecule has 0 fully saturated rings.